The van der Waals surface area contributed by atoms with Crippen molar-refractivity contribution in [2.45, 2.75) is 6.92 Å². The highest BCUT2D eigenvalue weighted by molar-refractivity contribution is 5.99. The van der Waals surface area contributed by atoms with E-state index < -0.39 is 0 Å². The molecule has 0 saturated heterocycles. The molecule has 4 nitrogen and oxygen atoms in total. The average Bonchev–Trinajstić information content (AvgIpc) is 2.49. The summed E-state index contributed by atoms with van der Waals surface area (Å²) >= 11 is 0. The van der Waals surface area contributed by atoms with Crippen LogP contribution in [0.3, 0.4) is 0 Å². The van der Waals surface area contributed by atoms with Gasteiger partial charge in [0.05, 0.1) is 5.52 Å². The van der Waals surface area contributed by atoms with Crippen LogP contribution in [0.5, 0.6) is 11.5 Å². The Morgan fingerprint density at radius 1 is 1.14 bits per heavy atom. The summed E-state index contributed by atoms with van der Waals surface area (Å²) in [6, 6.07) is 14.6. The molecule has 3 rings (SSSR count). The molecule has 2 aromatic carbocycles. The topological polar surface area (TPSA) is 65.2 Å². The van der Waals surface area contributed by atoms with Crippen LogP contribution in [0.4, 0.5) is 5.69 Å². The number of rotatable bonds is 3. The monoisotopic (exact) mass is 278 g/mol. The van der Waals surface area contributed by atoms with Crippen molar-refractivity contribution in [2.24, 2.45) is 0 Å². The summed E-state index contributed by atoms with van der Waals surface area (Å²) in [5.74, 6) is 1.18. The van der Waals surface area contributed by atoms with E-state index in [2.05, 4.69) is 4.98 Å². The maximum atomic E-state index is 11.5. The van der Waals surface area contributed by atoms with Gasteiger partial charge in [-0.1, -0.05) is 6.07 Å². The molecule has 3 aromatic rings. The molecule has 2 N–H and O–H groups in total. The van der Waals surface area contributed by atoms with Crippen LogP contribution in [0.15, 0.2) is 54.7 Å². The van der Waals surface area contributed by atoms with Crippen LogP contribution in [0.2, 0.25) is 0 Å². The summed E-state index contributed by atoms with van der Waals surface area (Å²) in [5.41, 5.74) is 7.56. The Bertz CT molecular complexity index is 823. The first-order valence-electron chi connectivity index (χ1n) is 6.57. The van der Waals surface area contributed by atoms with E-state index in [1.165, 1.54) is 6.92 Å². The van der Waals surface area contributed by atoms with Gasteiger partial charge < -0.3 is 10.5 Å². The minimum Gasteiger partial charge on any atom is -0.457 e. The lowest BCUT2D eigenvalue weighted by Gasteiger charge is -2.10. The van der Waals surface area contributed by atoms with Gasteiger partial charge in [0.1, 0.15) is 11.5 Å². The maximum absolute atomic E-state index is 11.5. The fourth-order valence-electron chi connectivity index (χ4n) is 2.19. The van der Waals surface area contributed by atoms with E-state index >= 15 is 0 Å². The van der Waals surface area contributed by atoms with Crippen LogP contribution in [-0.2, 0) is 0 Å². The number of ether oxygens (including phenoxy) is 1. The number of aromatic nitrogens is 1. The van der Waals surface area contributed by atoms with Crippen molar-refractivity contribution in [3.05, 3.63) is 60.3 Å². The number of nitrogen functional groups attached to an aromatic ring is 1. The van der Waals surface area contributed by atoms with E-state index in [4.69, 9.17) is 10.5 Å². The number of hydrogen-bond donors (Lipinski definition) is 1. The molecule has 104 valence electrons. The van der Waals surface area contributed by atoms with E-state index in [-0.39, 0.29) is 5.78 Å². The molecule has 1 aromatic heterocycles. The highest BCUT2D eigenvalue weighted by Crippen LogP contribution is 2.30. The summed E-state index contributed by atoms with van der Waals surface area (Å²) in [7, 11) is 0. The second-order valence-corrected chi connectivity index (χ2v) is 4.73. The second-order valence-electron chi connectivity index (χ2n) is 4.73. The van der Waals surface area contributed by atoms with Gasteiger partial charge in [0.25, 0.3) is 0 Å². The fraction of sp³-hybridized carbons (Fsp3) is 0.0588. The molecule has 0 atom stereocenters. The molecular weight excluding hydrogens is 264 g/mol. The van der Waals surface area contributed by atoms with E-state index in [0.717, 1.165) is 10.9 Å². The summed E-state index contributed by atoms with van der Waals surface area (Å²) in [6.45, 7) is 1.48. The summed E-state index contributed by atoms with van der Waals surface area (Å²) < 4.78 is 5.89. The highest BCUT2D eigenvalue weighted by Gasteiger charge is 2.08. The normalized spacial score (nSPS) is 10.5. The van der Waals surface area contributed by atoms with Crippen LogP contribution in [-0.4, -0.2) is 10.8 Å². The number of anilines is 1. The Hall–Kier alpha value is -2.88. The number of hydrogen-bond acceptors (Lipinski definition) is 4. The molecule has 0 aliphatic heterocycles. The van der Waals surface area contributed by atoms with Crippen LogP contribution in [0.25, 0.3) is 10.9 Å². The largest absolute Gasteiger partial charge is 0.457 e. The number of nitrogens with two attached hydrogens (primary N) is 1. The number of benzene rings is 2. The predicted molar refractivity (Wildman–Crippen MR) is 82.7 cm³/mol. The predicted octanol–water partition coefficient (Wildman–Crippen LogP) is 3.81. The third-order valence-electron chi connectivity index (χ3n) is 3.24. The molecule has 0 spiro atoms. The first kappa shape index (κ1) is 13.1. The van der Waals surface area contributed by atoms with E-state index in [1.54, 1.807) is 24.4 Å². The number of pyridine rings is 1. The van der Waals surface area contributed by atoms with Crippen LogP contribution in [0, 0.1) is 0 Å². The summed E-state index contributed by atoms with van der Waals surface area (Å²) in [6.07, 6.45) is 1.74. The molecule has 21 heavy (non-hydrogen) atoms. The zero-order chi connectivity index (χ0) is 14.8. The van der Waals surface area contributed by atoms with Crippen LogP contribution < -0.4 is 10.5 Å². The van der Waals surface area contributed by atoms with Crippen molar-refractivity contribution in [3.63, 3.8) is 0 Å². The molecule has 0 radical (unpaired) electrons. The number of nitrogens with zero attached hydrogens (tertiary/aromatic N) is 1. The molecule has 0 bridgehead atoms. The molecule has 1 heterocycles. The number of carbonyl (C=O) groups is 1. The minimum atomic E-state index is -0.0856. The fourth-order valence-corrected chi connectivity index (χ4v) is 2.19. The molecule has 0 amide bonds. The number of fused-ring (bicyclic) bond motifs is 1. The zero-order valence-corrected chi connectivity index (χ0v) is 11.5. The molecule has 0 unspecified atom stereocenters. The standard InChI is InChI=1S/C17H14N2O2/c1-11(20)14-10-12(7-8-15(14)18)21-17-6-2-5-16-13(17)4-3-9-19-16/h2-10H,18H2,1H3. The van der Waals surface area contributed by atoms with Gasteiger partial charge in [0, 0.05) is 22.8 Å². The Kier molecular flexibility index (Phi) is 3.28. The molecule has 0 fully saturated rings. The van der Waals surface area contributed by atoms with Crippen molar-refractivity contribution in [3.8, 4) is 11.5 Å². The Balaban J connectivity index is 2.03. The van der Waals surface area contributed by atoms with Gasteiger partial charge in [0.2, 0.25) is 0 Å². The van der Waals surface area contributed by atoms with Crippen LogP contribution >= 0.6 is 0 Å². The first-order chi connectivity index (χ1) is 10.1. The van der Waals surface area contributed by atoms with Gasteiger partial charge >= 0.3 is 0 Å². The number of carbonyl (C=O) groups excluding carboxylic acids is 1. The minimum absolute atomic E-state index is 0.0856. The van der Waals surface area contributed by atoms with Crippen molar-refractivity contribution < 1.29 is 9.53 Å². The van der Waals surface area contributed by atoms with Crippen LogP contribution in [0.1, 0.15) is 17.3 Å². The van der Waals surface area contributed by atoms with E-state index in [1.807, 2.05) is 30.3 Å². The molecule has 0 saturated carbocycles. The van der Waals surface area contributed by atoms with Gasteiger partial charge in [-0.05, 0) is 49.4 Å². The lowest BCUT2D eigenvalue weighted by atomic mass is 10.1. The summed E-state index contributed by atoms with van der Waals surface area (Å²) in [4.78, 5) is 15.8. The Morgan fingerprint density at radius 3 is 2.81 bits per heavy atom. The summed E-state index contributed by atoms with van der Waals surface area (Å²) in [5, 5.41) is 0.918. The van der Waals surface area contributed by atoms with Gasteiger partial charge in [-0.2, -0.15) is 0 Å². The lowest BCUT2D eigenvalue weighted by molar-refractivity contribution is 0.101. The zero-order valence-electron chi connectivity index (χ0n) is 11.5. The maximum Gasteiger partial charge on any atom is 0.162 e. The SMILES string of the molecule is CC(=O)c1cc(Oc2cccc3ncccc23)ccc1N. The molecular formula is C17H14N2O2. The lowest BCUT2D eigenvalue weighted by Crippen LogP contribution is -1.99. The van der Waals surface area contributed by atoms with Crippen molar-refractivity contribution >= 4 is 22.4 Å². The number of ketones is 1. The second kappa shape index (κ2) is 5.25. The van der Waals surface area contributed by atoms with Crippen molar-refractivity contribution in [1.29, 1.82) is 0 Å². The number of Topliss-reactive ketones (excluding diaryl/α,β-unsaturated/α-hetero) is 1. The van der Waals surface area contributed by atoms with E-state index in [0.29, 0.717) is 22.7 Å². The smallest absolute Gasteiger partial charge is 0.162 e. The van der Waals surface area contributed by atoms with Gasteiger partial charge in [0.15, 0.2) is 5.78 Å². The molecule has 0 aliphatic rings. The van der Waals surface area contributed by atoms with Gasteiger partial charge in [-0.3, -0.25) is 9.78 Å². The van der Waals surface area contributed by atoms with Crippen molar-refractivity contribution in [1.82, 2.24) is 4.98 Å². The Labute approximate surface area is 122 Å². The quantitative estimate of drug-likeness (QED) is 0.584. The average molecular weight is 278 g/mol. The van der Waals surface area contributed by atoms with Gasteiger partial charge in [-0.15, -0.1) is 0 Å². The van der Waals surface area contributed by atoms with E-state index in [9.17, 15) is 4.79 Å². The van der Waals surface area contributed by atoms with Gasteiger partial charge in [-0.25, -0.2) is 0 Å². The first-order valence-corrected chi connectivity index (χ1v) is 6.57. The Morgan fingerprint density at radius 2 is 2.00 bits per heavy atom. The third-order valence-corrected chi connectivity index (χ3v) is 3.24. The van der Waals surface area contributed by atoms with Crippen molar-refractivity contribution in [2.75, 3.05) is 5.73 Å². The third kappa shape index (κ3) is 2.56. The highest BCUT2D eigenvalue weighted by atomic mass is 16.5. The molecule has 0 aliphatic carbocycles. The molecule has 4 heteroatoms.